The number of carbonyl (C=O) groups is 1. The second kappa shape index (κ2) is 10.4. The van der Waals surface area contributed by atoms with Crippen molar-refractivity contribution < 1.29 is 30.6 Å². The minimum atomic E-state index is -4.63. The molecule has 0 aliphatic rings. The fourth-order valence-electron chi connectivity index (χ4n) is 2.75. The van der Waals surface area contributed by atoms with Gasteiger partial charge < -0.3 is 9.50 Å². The van der Waals surface area contributed by atoms with Crippen LogP contribution in [-0.2, 0) is 21.1 Å². The molecule has 0 saturated carbocycles. The van der Waals surface area contributed by atoms with Crippen molar-refractivity contribution in [1.82, 2.24) is 0 Å². The number of nitriles is 1. The number of hydrogen-bond acceptors (Lipinski definition) is 5. The van der Waals surface area contributed by atoms with Crippen LogP contribution in [0.3, 0.4) is 0 Å². The normalized spacial score (nSPS) is 12.1. The lowest BCUT2D eigenvalue weighted by molar-refractivity contribution is -0.137. The zero-order chi connectivity index (χ0) is 25.8. The van der Waals surface area contributed by atoms with Gasteiger partial charge in [-0.15, -0.1) is 0 Å². The van der Waals surface area contributed by atoms with Gasteiger partial charge in [0.2, 0.25) is 0 Å². The van der Waals surface area contributed by atoms with Crippen LogP contribution in [0, 0.1) is 11.3 Å². The number of rotatable bonds is 6. The van der Waals surface area contributed by atoms with E-state index in [1.54, 1.807) is 6.07 Å². The third-order valence-electron chi connectivity index (χ3n) is 4.39. The summed E-state index contributed by atoms with van der Waals surface area (Å²) in [4.78, 5) is 12.4. The number of hydrogen-bond donors (Lipinski definition) is 1. The lowest BCUT2D eigenvalue weighted by Crippen LogP contribution is -2.15. The highest BCUT2D eigenvalue weighted by Gasteiger charge is 2.30. The Bertz CT molecular complexity index is 1450. The van der Waals surface area contributed by atoms with Gasteiger partial charge in [-0.05, 0) is 66.7 Å². The third kappa shape index (κ3) is 6.76. The summed E-state index contributed by atoms with van der Waals surface area (Å²) in [5, 5.41) is 12.1. The molecule has 0 saturated heterocycles. The molecule has 0 aliphatic heterocycles. The second-order valence-corrected chi connectivity index (χ2v) is 9.30. The van der Waals surface area contributed by atoms with Gasteiger partial charge in [0.15, 0.2) is 0 Å². The van der Waals surface area contributed by atoms with Crippen LogP contribution in [-0.4, -0.2) is 14.3 Å². The highest BCUT2D eigenvalue weighted by molar-refractivity contribution is 7.87. The quantitative estimate of drug-likeness (QED) is 0.224. The van der Waals surface area contributed by atoms with E-state index >= 15 is 0 Å². The number of benzene rings is 3. The van der Waals surface area contributed by atoms with Gasteiger partial charge in [-0.3, -0.25) is 4.79 Å². The van der Waals surface area contributed by atoms with Gasteiger partial charge in [-0.2, -0.15) is 26.9 Å². The predicted octanol–water partition coefficient (Wildman–Crippen LogP) is 6.33. The number of nitrogens with zero attached hydrogens (tertiary/aromatic N) is 1. The lowest BCUT2D eigenvalue weighted by atomic mass is 10.1. The summed E-state index contributed by atoms with van der Waals surface area (Å²) in [6, 6.07) is 14.4. The molecule has 0 spiro atoms. The molecular weight excluding hydrogens is 528 g/mol. The van der Waals surface area contributed by atoms with E-state index in [-0.39, 0.29) is 26.9 Å². The first kappa shape index (κ1) is 26.1. The molecule has 35 heavy (non-hydrogen) atoms. The molecule has 3 aromatic rings. The van der Waals surface area contributed by atoms with Gasteiger partial charge in [-0.1, -0.05) is 29.3 Å². The molecule has 6 nitrogen and oxygen atoms in total. The van der Waals surface area contributed by atoms with Crippen LogP contribution >= 0.6 is 23.2 Å². The van der Waals surface area contributed by atoms with Crippen molar-refractivity contribution in [2.45, 2.75) is 11.1 Å². The van der Waals surface area contributed by atoms with E-state index in [1.807, 2.05) is 0 Å². The second-order valence-electron chi connectivity index (χ2n) is 6.88. The molecule has 1 amide bonds. The van der Waals surface area contributed by atoms with Crippen LogP contribution in [0.4, 0.5) is 18.9 Å². The molecule has 0 radical (unpaired) electrons. The number of amides is 1. The minimum absolute atomic E-state index is 0.0363. The lowest BCUT2D eigenvalue weighted by Gasteiger charge is -2.11. The van der Waals surface area contributed by atoms with Crippen LogP contribution in [0.25, 0.3) is 6.08 Å². The first-order chi connectivity index (χ1) is 16.4. The molecular formula is C23H13Cl2F3N2O4S. The number of alkyl halides is 3. The van der Waals surface area contributed by atoms with Gasteiger partial charge in [0.25, 0.3) is 5.91 Å². The monoisotopic (exact) mass is 540 g/mol. The molecule has 1 N–H and O–H groups in total. The van der Waals surface area contributed by atoms with Crippen molar-refractivity contribution >= 4 is 51.0 Å². The SMILES string of the molecule is N#C/C(=C\c1cc(Cl)ccc1OS(=O)(=O)c1ccc(Cl)cc1)C(=O)Nc1cccc(C(F)(F)F)c1. The molecule has 0 bridgehead atoms. The third-order valence-corrected chi connectivity index (χ3v) is 6.12. The zero-order valence-corrected chi connectivity index (χ0v) is 19.6. The smallest absolute Gasteiger partial charge is 0.378 e. The number of anilines is 1. The molecule has 0 fully saturated rings. The Kier molecular flexibility index (Phi) is 7.75. The summed E-state index contributed by atoms with van der Waals surface area (Å²) >= 11 is 11.8. The van der Waals surface area contributed by atoms with Crippen LogP contribution < -0.4 is 9.50 Å². The van der Waals surface area contributed by atoms with E-state index in [0.29, 0.717) is 11.1 Å². The predicted molar refractivity (Wildman–Crippen MR) is 124 cm³/mol. The molecule has 0 aromatic heterocycles. The van der Waals surface area contributed by atoms with Gasteiger partial charge in [-0.25, -0.2) is 0 Å². The Morgan fingerprint density at radius 1 is 1.00 bits per heavy atom. The van der Waals surface area contributed by atoms with E-state index in [1.165, 1.54) is 48.5 Å². The fraction of sp³-hybridized carbons (Fsp3) is 0.0435. The van der Waals surface area contributed by atoms with Gasteiger partial charge in [0, 0.05) is 21.3 Å². The Balaban J connectivity index is 1.92. The van der Waals surface area contributed by atoms with E-state index in [4.69, 9.17) is 27.4 Å². The van der Waals surface area contributed by atoms with Gasteiger partial charge >= 0.3 is 16.3 Å². The first-order valence-electron chi connectivity index (χ1n) is 9.49. The number of nitrogens with one attached hydrogen (secondary N) is 1. The van der Waals surface area contributed by atoms with Crippen LogP contribution in [0.1, 0.15) is 11.1 Å². The number of carbonyl (C=O) groups excluding carboxylic acids is 1. The largest absolute Gasteiger partial charge is 0.416 e. The average molecular weight is 541 g/mol. The maximum atomic E-state index is 12.9. The van der Waals surface area contributed by atoms with E-state index in [9.17, 15) is 31.6 Å². The molecule has 3 aromatic carbocycles. The van der Waals surface area contributed by atoms with Crippen LogP contribution in [0.15, 0.2) is 77.2 Å². The summed E-state index contributed by atoms with van der Waals surface area (Å²) in [6.07, 6.45) is -3.63. The maximum Gasteiger partial charge on any atom is 0.416 e. The highest BCUT2D eigenvalue weighted by Crippen LogP contribution is 2.31. The minimum Gasteiger partial charge on any atom is -0.378 e. The van der Waals surface area contributed by atoms with E-state index in [0.717, 1.165) is 18.2 Å². The average Bonchev–Trinajstić information content (AvgIpc) is 2.79. The highest BCUT2D eigenvalue weighted by atomic mass is 35.5. The van der Waals surface area contributed by atoms with Crippen molar-refractivity contribution in [3.05, 3.63) is 93.5 Å². The molecule has 0 atom stereocenters. The van der Waals surface area contributed by atoms with Gasteiger partial charge in [0.1, 0.15) is 22.3 Å². The Morgan fingerprint density at radius 2 is 1.66 bits per heavy atom. The Hall–Kier alpha value is -3.52. The summed E-state index contributed by atoms with van der Waals surface area (Å²) in [5.74, 6) is -1.28. The van der Waals surface area contributed by atoms with Crippen molar-refractivity contribution in [3.8, 4) is 11.8 Å². The van der Waals surface area contributed by atoms with Crippen LogP contribution in [0.2, 0.25) is 10.0 Å². The molecule has 0 aliphatic carbocycles. The molecule has 3 rings (SSSR count). The van der Waals surface area contributed by atoms with Gasteiger partial charge in [0.05, 0.1) is 5.56 Å². The summed E-state index contributed by atoms with van der Waals surface area (Å²) < 4.78 is 69.2. The number of halogens is 5. The standard InChI is InChI=1S/C23H13Cl2F3N2O4S/c24-17-4-7-20(8-5-17)35(32,33)34-21-9-6-18(25)11-14(21)10-15(13-29)22(31)30-19-3-1-2-16(12-19)23(26,27)28/h1-12H,(H,30,31)/b15-10+. The van der Waals surface area contributed by atoms with Crippen LogP contribution in [0.5, 0.6) is 5.75 Å². The molecule has 12 heteroatoms. The first-order valence-corrected chi connectivity index (χ1v) is 11.7. The topological polar surface area (TPSA) is 96.3 Å². The molecule has 0 heterocycles. The summed E-state index contributed by atoms with van der Waals surface area (Å²) in [6.45, 7) is 0. The zero-order valence-electron chi connectivity index (χ0n) is 17.3. The summed E-state index contributed by atoms with van der Waals surface area (Å²) in [5.41, 5.74) is -1.77. The fourth-order valence-corrected chi connectivity index (χ4v) is 4.01. The van der Waals surface area contributed by atoms with E-state index in [2.05, 4.69) is 5.32 Å². The molecule has 180 valence electrons. The molecule has 0 unspecified atom stereocenters. The van der Waals surface area contributed by atoms with Crippen molar-refractivity contribution in [1.29, 1.82) is 5.26 Å². The Morgan fingerprint density at radius 3 is 2.29 bits per heavy atom. The summed E-state index contributed by atoms with van der Waals surface area (Å²) in [7, 11) is -4.32. The van der Waals surface area contributed by atoms with Crippen molar-refractivity contribution in [3.63, 3.8) is 0 Å². The van der Waals surface area contributed by atoms with Crippen molar-refractivity contribution in [2.24, 2.45) is 0 Å². The Labute approximate surface area is 208 Å². The van der Waals surface area contributed by atoms with E-state index < -0.39 is 33.3 Å². The maximum absolute atomic E-state index is 12.9. The van der Waals surface area contributed by atoms with Crippen molar-refractivity contribution in [2.75, 3.05) is 5.32 Å².